The highest BCUT2D eigenvalue weighted by Crippen LogP contribution is 2.40. The molecular formula is C16H43N27P2. The summed E-state index contributed by atoms with van der Waals surface area (Å²) in [5.41, 5.74) is 19.2. The first-order valence-electron chi connectivity index (χ1n) is 15.1. The van der Waals surface area contributed by atoms with Gasteiger partial charge in [-0.2, -0.15) is 4.67 Å². The molecule has 45 heavy (non-hydrogen) atoms. The van der Waals surface area contributed by atoms with Crippen LogP contribution in [0, 0.1) is 0 Å². The third-order valence-corrected chi connectivity index (χ3v) is 12.6. The summed E-state index contributed by atoms with van der Waals surface area (Å²) in [6.07, 6.45) is -4.69. The molecule has 10 saturated heterocycles. The van der Waals surface area contributed by atoms with Crippen LogP contribution in [0.2, 0.25) is 0 Å². The van der Waals surface area contributed by atoms with Gasteiger partial charge in [-0.1, -0.05) is 0 Å². The number of nitrogens with one attached hydrogen (secondary N) is 21. The molecule has 27 nitrogen and oxygen atoms in total. The first kappa shape index (κ1) is 29.7. The van der Waals surface area contributed by atoms with Crippen LogP contribution in [0.15, 0.2) is 0 Å². The Labute approximate surface area is 259 Å². The number of nitrogens with two attached hydrogens (primary N) is 3. The van der Waals surface area contributed by atoms with Crippen molar-refractivity contribution in [3.05, 3.63) is 0 Å². The van der Waals surface area contributed by atoms with Gasteiger partial charge in [-0.15, -0.1) is 0 Å². The van der Waals surface area contributed by atoms with Crippen LogP contribution in [0.1, 0.15) is 0 Å². The standard InChI is InChI=1S/C16H43N27P2/c17-1-20-9-28-4-26-6-34-13-23-3(19)24-14-35-7(38-45(37-6)43(13)14)27-5-29-10-22-2(18)25-15-39-44(40-16(31-5)42(10)15)36-8-32-11(21-1)41(9)12(30-4)33-8/h1-16,20-40H,17-19H2. The summed E-state index contributed by atoms with van der Waals surface area (Å²) in [4.78, 5) is 4.37. The quantitative estimate of drug-likeness (QED) is 0.106. The summed E-state index contributed by atoms with van der Waals surface area (Å²) < 4.78 is 2.24. The van der Waals surface area contributed by atoms with Crippen molar-refractivity contribution in [3.63, 3.8) is 0 Å². The highest BCUT2D eigenvalue weighted by Gasteiger charge is 2.53. The molecule has 0 aliphatic carbocycles. The molecule has 0 amide bonds. The summed E-state index contributed by atoms with van der Waals surface area (Å²) in [6, 6.07) is 0. The minimum atomic E-state index is -1.12. The molecule has 0 radical (unpaired) electrons. The molecule has 252 valence electrons. The number of hydrogen-bond acceptors (Lipinski definition) is 27. The summed E-state index contributed by atoms with van der Waals surface area (Å²) in [5, 5.41) is 75.1. The van der Waals surface area contributed by atoms with E-state index >= 15 is 0 Å². The number of rotatable bonds is 0. The maximum absolute atomic E-state index is 6.39. The topological polar surface area (TPSA) is 340 Å². The molecule has 18 atom stereocenters. The third-order valence-electron chi connectivity index (χ3n) is 9.10. The van der Waals surface area contributed by atoms with Crippen LogP contribution in [0.5, 0.6) is 0 Å². The number of hydrogen-bond donors (Lipinski definition) is 24. The van der Waals surface area contributed by atoms with Crippen molar-refractivity contribution in [3.8, 4) is 0 Å². The molecular weight excluding hydrogens is 632 g/mol. The van der Waals surface area contributed by atoms with Crippen molar-refractivity contribution in [2.45, 2.75) is 101 Å². The molecule has 10 fully saturated rings. The molecule has 10 heterocycles. The maximum atomic E-state index is 6.39. The van der Waals surface area contributed by atoms with Crippen molar-refractivity contribution in [1.82, 2.24) is 125 Å². The van der Waals surface area contributed by atoms with Gasteiger partial charge in [0.15, 0.2) is 0 Å². The zero-order valence-electron chi connectivity index (χ0n) is 23.7. The number of fused-ring (bicyclic) bond motifs is 6. The van der Waals surface area contributed by atoms with Gasteiger partial charge in [-0.25, -0.2) is 35.2 Å². The van der Waals surface area contributed by atoms with Crippen LogP contribution >= 0.6 is 16.7 Å². The van der Waals surface area contributed by atoms with E-state index in [0.717, 1.165) is 0 Å². The Kier molecular flexibility index (Phi) is 7.53. The fourth-order valence-corrected chi connectivity index (χ4v) is 10.6. The lowest BCUT2D eigenvalue weighted by Gasteiger charge is -2.61. The van der Waals surface area contributed by atoms with Crippen LogP contribution in [0.4, 0.5) is 0 Å². The monoisotopic (exact) mass is 675 g/mol. The van der Waals surface area contributed by atoms with Gasteiger partial charge in [-0.05, 0) is 0 Å². The smallest absolute Gasteiger partial charge is 0.126 e. The Bertz CT molecular complexity index is 922. The van der Waals surface area contributed by atoms with Gasteiger partial charge in [0.2, 0.25) is 0 Å². The summed E-state index contributed by atoms with van der Waals surface area (Å²) in [7, 11) is -2.20. The first-order valence-corrected chi connectivity index (χ1v) is 17.7. The Morgan fingerprint density at radius 3 is 1.24 bits per heavy atom. The third kappa shape index (κ3) is 5.33. The molecule has 0 aromatic rings. The zero-order chi connectivity index (χ0) is 30.0. The molecule has 10 aliphatic rings. The Morgan fingerprint density at radius 2 is 0.689 bits per heavy atom. The van der Waals surface area contributed by atoms with E-state index in [0.29, 0.717) is 0 Å². The van der Waals surface area contributed by atoms with Gasteiger partial charge in [-0.3, -0.25) is 85.1 Å². The van der Waals surface area contributed by atoms with Crippen molar-refractivity contribution < 1.29 is 0 Å². The van der Waals surface area contributed by atoms with E-state index in [1.54, 1.807) is 0 Å². The van der Waals surface area contributed by atoms with E-state index in [1.165, 1.54) is 0 Å². The van der Waals surface area contributed by atoms with Gasteiger partial charge >= 0.3 is 0 Å². The van der Waals surface area contributed by atoms with E-state index in [2.05, 4.69) is 125 Å². The Hall–Kier alpha value is -0.220. The van der Waals surface area contributed by atoms with E-state index in [1.807, 2.05) is 0 Å². The summed E-state index contributed by atoms with van der Waals surface area (Å²) in [6.45, 7) is 0. The normalized spacial score (nSPS) is 58.2. The van der Waals surface area contributed by atoms with E-state index < -0.39 is 35.6 Å². The van der Waals surface area contributed by atoms with Crippen LogP contribution in [-0.4, -0.2) is 115 Å². The average Bonchev–Trinajstić information content (AvgIpc) is 2.95. The van der Waals surface area contributed by atoms with Gasteiger partial charge in [0.25, 0.3) is 0 Å². The van der Waals surface area contributed by atoms with Gasteiger partial charge in [0.1, 0.15) is 117 Å². The predicted octanol–water partition coefficient (Wildman–Crippen LogP) is -12.7. The second-order valence-corrected chi connectivity index (χ2v) is 15.1. The van der Waals surface area contributed by atoms with Crippen molar-refractivity contribution in [1.29, 1.82) is 0 Å². The molecule has 9 bridgehead atoms. The molecule has 0 aromatic carbocycles. The zero-order valence-corrected chi connectivity index (χ0v) is 25.5. The molecule has 0 spiro atoms. The predicted molar refractivity (Wildman–Crippen MR) is 158 cm³/mol. The van der Waals surface area contributed by atoms with Gasteiger partial charge in [0, 0.05) is 0 Å². The molecule has 10 aliphatic heterocycles. The average molecular weight is 676 g/mol. The van der Waals surface area contributed by atoms with Crippen molar-refractivity contribution in [2.24, 2.45) is 17.2 Å². The molecule has 10 rings (SSSR count). The summed E-state index contributed by atoms with van der Waals surface area (Å²) in [5.74, 6) is 0. The van der Waals surface area contributed by atoms with E-state index in [9.17, 15) is 0 Å². The van der Waals surface area contributed by atoms with Crippen molar-refractivity contribution >= 4 is 16.7 Å². The van der Waals surface area contributed by atoms with E-state index in [4.69, 9.17) is 17.2 Å². The minimum Gasteiger partial charge on any atom is -0.303 e. The van der Waals surface area contributed by atoms with Crippen LogP contribution in [0.3, 0.4) is 0 Å². The van der Waals surface area contributed by atoms with Crippen LogP contribution in [0.25, 0.3) is 0 Å². The lowest BCUT2D eigenvalue weighted by Crippen LogP contribution is -2.93. The fraction of sp³-hybridized carbons (Fsp3) is 1.00. The lowest BCUT2D eigenvalue weighted by molar-refractivity contribution is -0.140. The van der Waals surface area contributed by atoms with Gasteiger partial charge in [0.05, 0.1) is 0 Å². The van der Waals surface area contributed by atoms with E-state index in [-0.39, 0.29) is 81.8 Å². The first-order chi connectivity index (χ1) is 21.9. The van der Waals surface area contributed by atoms with Gasteiger partial charge < -0.3 is 17.2 Å². The maximum Gasteiger partial charge on any atom is 0.126 e. The molecule has 18 unspecified atom stereocenters. The number of nitrogens with zero attached hydrogens (tertiary/aromatic N) is 3. The molecule has 27 N–H and O–H groups in total. The SMILES string of the molecule is NC1NC2NC3NC4NC5NC(N)NC6NC(NC7NC8NC(N)NC9NP(NC%10NC(N1)N2C(N3)N%10)NC(N7)N89)NP(N4)N56. The second-order valence-electron chi connectivity index (χ2n) is 12.1. The van der Waals surface area contributed by atoms with Crippen LogP contribution < -0.4 is 128 Å². The lowest BCUT2D eigenvalue weighted by atomic mass is 10.3. The molecule has 29 heteroatoms. The fourth-order valence-electron chi connectivity index (χ4n) is 7.26. The minimum absolute atomic E-state index is 0.223. The van der Waals surface area contributed by atoms with Crippen LogP contribution in [-0.2, 0) is 0 Å². The molecule has 0 saturated carbocycles. The highest BCUT2D eigenvalue weighted by molar-refractivity contribution is 7.51. The highest BCUT2D eigenvalue weighted by atomic mass is 31.2. The Morgan fingerprint density at radius 1 is 0.333 bits per heavy atom. The van der Waals surface area contributed by atoms with Crippen molar-refractivity contribution in [2.75, 3.05) is 0 Å². The summed E-state index contributed by atoms with van der Waals surface area (Å²) >= 11 is 0. The second kappa shape index (κ2) is 11.4. The molecule has 0 aromatic heterocycles. The largest absolute Gasteiger partial charge is 0.303 e. The Balaban J connectivity index is 0.986.